The minimum Gasteiger partial charge on any atom is -0.484 e. The maximum Gasteiger partial charge on any atom is 0.422 e. The van der Waals surface area contributed by atoms with Gasteiger partial charge in [-0.25, -0.2) is 0 Å². The molecule has 8 nitrogen and oxygen atoms in total. The van der Waals surface area contributed by atoms with E-state index in [0.29, 0.717) is 5.69 Å². The predicted molar refractivity (Wildman–Crippen MR) is 83.9 cm³/mol. The van der Waals surface area contributed by atoms with E-state index < -0.39 is 23.6 Å². The molecule has 0 saturated heterocycles. The second-order valence-electron chi connectivity index (χ2n) is 5.31. The standard InChI is InChI=1S/C15H15F3N4O4/c1-10-7-13(22(24)25)20-21(10)6-5-19-14(23)11-3-2-4-12(8-11)26-9-15(16,17)18/h2-4,7-8H,5-6,9H2,1H3,(H,19,23). The van der Waals surface area contributed by atoms with E-state index in [0.717, 1.165) is 0 Å². The molecule has 1 N–H and O–H groups in total. The van der Waals surface area contributed by atoms with Gasteiger partial charge in [0.2, 0.25) is 0 Å². The topological polar surface area (TPSA) is 99.3 Å². The van der Waals surface area contributed by atoms with Gasteiger partial charge in [0.15, 0.2) is 6.61 Å². The van der Waals surface area contributed by atoms with Crippen LogP contribution in [-0.4, -0.2) is 39.9 Å². The second kappa shape index (κ2) is 7.85. The molecule has 0 fully saturated rings. The Morgan fingerprint density at radius 1 is 1.38 bits per heavy atom. The molecule has 0 saturated carbocycles. The summed E-state index contributed by atoms with van der Waals surface area (Å²) in [6.07, 6.45) is -4.47. The number of hydrogen-bond donors (Lipinski definition) is 1. The van der Waals surface area contributed by atoms with Crippen LogP contribution in [0, 0.1) is 17.0 Å². The number of amides is 1. The molecule has 0 atom stereocenters. The van der Waals surface area contributed by atoms with Crippen molar-refractivity contribution in [1.82, 2.24) is 15.1 Å². The van der Waals surface area contributed by atoms with Crippen molar-refractivity contribution in [2.75, 3.05) is 13.2 Å². The summed E-state index contributed by atoms with van der Waals surface area (Å²) in [4.78, 5) is 22.1. The molecule has 0 spiro atoms. The molecule has 11 heteroatoms. The van der Waals surface area contributed by atoms with Gasteiger partial charge in [-0.05, 0) is 30.0 Å². The maximum atomic E-state index is 12.2. The zero-order chi connectivity index (χ0) is 19.3. The van der Waals surface area contributed by atoms with E-state index in [1.807, 2.05) is 0 Å². The molecule has 2 aromatic rings. The molecule has 140 valence electrons. The average molecular weight is 372 g/mol. The van der Waals surface area contributed by atoms with Gasteiger partial charge in [-0.1, -0.05) is 6.07 Å². The van der Waals surface area contributed by atoms with Crippen molar-refractivity contribution < 1.29 is 27.6 Å². The molecular weight excluding hydrogens is 357 g/mol. The van der Waals surface area contributed by atoms with Crippen LogP contribution in [0.25, 0.3) is 0 Å². The van der Waals surface area contributed by atoms with E-state index in [4.69, 9.17) is 0 Å². The van der Waals surface area contributed by atoms with Crippen LogP contribution < -0.4 is 10.1 Å². The molecule has 1 aromatic heterocycles. The number of nitrogens with one attached hydrogen (secondary N) is 1. The van der Waals surface area contributed by atoms with Crippen LogP contribution in [0.4, 0.5) is 19.0 Å². The number of hydrogen-bond acceptors (Lipinski definition) is 5. The molecule has 0 aliphatic heterocycles. The van der Waals surface area contributed by atoms with E-state index >= 15 is 0 Å². The summed E-state index contributed by atoms with van der Waals surface area (Å²) in [5, 5.41) is 17.0. The van der Waals surface area contributed by atoms with Gasteiger partial charge in [-0.3, -0.25) is 4.79 Å². The molecule has 1 heterocycles. The van der Waals surface area contributed by atoms with Crippen molar-refractivity contribution in [2.24, 2.45) is 0 Å². The lowest BCUT2D eigenvalue weighted by Gasteiger charge is -2.10. The SMILES string of the molecule is Cc1cc([N+](=O)[O-])nn1CCNC(=O)c1cccc(OCC(F)(F)F)c1. The Morgan fingerprint density at radius 2 is 2.12 bits per heavy atom. The highest BCUT2D eigenvalue weighted by molar-refractivity contribution is 5.94. The highest BCUT2D eigenvalue weighted by atomic mass is 19.4. The van der Waals surface area contributed by atoms with Crippen LogP contribution in [0.2, 0.25) is 0 Å². The first kappa shape index (κ1) is 19.2. The number of nitrogens with zero attached hydrogens (tertiary/aromatic N) is 3. The number of carbonyl (C=O) groups is 1. The van der Waals surface area contributed by atoms with E-state index in [1.165, 1.54) is 35.0 Å². The van der Waals surface area contributed by atoms with Crippen LogP contribution in [-0.2, 0) is 6.54 Å². The fourth-order valence-electron chi connectivity index (χ4n) is 2.08. The molecule has 0 radical (unpaired) electrons. The average Bonchev–Trinajstić information content (AvgIpc) is 2.94. The highest BCUT2D eigenvalue weighted by Gasteiger charge is 2.28. The first-order chi connectivity index (χ1) is 12.2. The van der Waals surface area contributed by atoms with Crippen molar-refractivity contribution >= 4 is 11.7 Å². The van der Waals surface area contributed by atoms with Gasteiger partial charge in [0.05, 0.1) is 23.4 Å². The van der Waals surface area contributed by atoms with Crippen molar-refractivity contribution in [3.05, 3.63) is 51.7 Å². The van der Waals surface area contributed by atoms with Gasteiger partial charge in [-0.15, -0.1) is 0 Å². The Hall–Kier alpha value is -3.11. The fourth-order valence-corrected chi connectivity index (χ4v) is 2.08. The largest absolute Gasteiger partial charge is 0.484 e. The predicted octanol–water partition coefficient (Wildman–Crippen LogP) is 2.47. The first-order valence-corrected chi connectivity index (χ1v) is 7.42. The third kappa shape index (κ3) is 5.46. The molecule has 2 rings (SSSR count). The monoisotopic (exact) mass is 372 g/mol. The number of rotatable bonds is 7. The molecule has 0 unspecified atom stereocenters. The van der Waals surface area contributed by atoms with E-state index in [1.54, 1.807) is 6.92 Å². The third-order valence-electron chi connectivity index (χ3n) is 3.26. The Morgan fingerprint density at radius 3 is 2.73 bits per heavy atom. The lowest BCUT2D eigenvalue weighted by atomic mass is 10.2. The molecule has 0 aliphatic carbocycles. The normalized spacial score (nSPS) is 11.2. The number of aromatic nitrogens is 2. The number of benzene rings is 1. The van der Waals surface area contributed by atoms with E-state index in [-0.39, 0.29) is 30.2 Å². The summed E-state index contributed by atoms with van der Waals surface area (Å²) in [5.74, 6) is -0.876. The molecule has 26 heavy (non-hydrogen) atoms. The van der Waals surface area contributed by atoms with Gasteiger partial charge in [0.1, 0.15) is 5.75 Å². The Kier molecular flexibility index (Phi) is 5.80. The number of aryl methyl sites for hydroxylation is 1. The number of nitro groups is 1. The lowest BCUT2D eigenvalue weighted by Crippen LogP contribution is -2.27. The van der Waals surface area contributed by atoms with Crippen LogP contribution in [0.15, 0.2) is 30.3 Å². The summed E-state index contributed by atoms with van der Waals surface area (Å²) in [6.45, 7) is 0.528. The number of carbonyl (C=O) groups excluding carboxylic acids is 1. The lowest BCUT2D eigenvalue weighted by molar-refractivity contribution is -0.389. The smallest absolute Gasteiger partial charge is 0.422 e. The number of halogens is 3. The van der Waals surface area contributed by atoms with Crippen LogP contribution >= 0.6 is 0 Å². The molecule has 0 bridgehead atoms. The fraction of sp³-hybridized carbons (Fsp3) is 0.333. The van der Waals surface area contributed by atoms with Crippen molar-refractivity contribution in [1.29, 1.82) is 0 Å². The van der Waals surface area contributed by atoms with Crippen LogP contribution in [0.1, 0.15) is 16.1 Å². The van der Waals surface area contributed by atoms with E-state index in [9.17, 15) is 28.1 Å². The van der Waals surface area contributed by atoms with Gasteiger partial charge in [0.25, 0.3) is 5.91 Å². The van der Waals surface area contributed by atoms with Gasteiger partial charge in [0, 0.05) is 12.1 Å². The highest BCUT2D eigenvalue weighted by Crippen LogP contribution is 2.19. The Bertz CT molecular complexity index is 804. The zero-order valence-corrected chi connectivity index (χ0v) is 13.6. The quantitative estimate of drug-likeness (QED) is 0.595. The molecular formula is C15H15F3N4O4. The Labute approximate surface area is 145 Å². The summed E-state index contributed by atoms with van der Waals surface area (Å²) in [5.41, 5.74) is 0.696. The van der Waals surface area contributed by atoms with Crippen molar-refractivity contribution in [3.63, 3.8) is 0 Å². The second-order valence-corrected chi connectivity index (χ2v) is 5.31. The van der Waals surface area contributed by atoms with Gasteiger partial charge >= 0.3 is 12.0 Å². The zero-order valence-electron chi connectivity index (χ0n) is 13.6. The molecule has 1 aromatic carbocycles. The summed E-state index contributed by atoms with van der Waals surface area (Å²) < 4.78 is 42.4. The number of ether oxygens (including phenoxy) is 1. The van der Waals surface area contributed by atoms with Gasteiger partial charge in [-0.2, -0.15) is 17.9 Å². The number of alkyl halides is 3. The Balaban J connectivity index is 1.91. The first-order valence-electron chi connectivity index (χ1n) is 7.42. The summed E-state index contributed by atoms with van der Waals surface area (Å²) in [7, 11) is 0. The minimum atomic E-state index is -4.47. The third-order valence-corrected chi connectivity index (χ3v) is 3.26. The van der Waals surface area contributed by atoms with E-state index in [2.05, 4.69) is 15.2 Å². The minimum absolute atomic E-state index is 0.0754. The van der Waals surface area contributed by atoms with Crippen molar-refractivity contribution in [3.8, 4) is 5.75 Å². The summed E-state index contributed by atoms with van der Waals surface area (Å²) >= 11 is 0. The maximum absolute atomic E-state index is 12.2. The van der Waals surface area contributed by atoms with Gasteiger partial charge < -0.3 is 20.2 Å². The molecule has 1 amide bonds. The molecule has 0 aliphatic rings. The van der Waals surface area contributed by atoms with Crippen LogP contribution in [0.5, 0.6) is 5.75 Å². The van der Waals surface area contributed by atoms with Crippen LogP contribution in [0.3, 0.4) is 0 Å². The van der Waals surface area contributed by atoms with Crippen molar-refractivity contribution in [2.45, 2.75) is 19.6 Å². The summed E-state index contributed by atoms with van der Waals surface area (Å²) in [6, 6.07) is 6.66.